The smallest absolute Gasteiger partial charge is 0.410 e. The van der Waals surface area contributed by atoms with Crippen molar-refractivity contribution in [1.82, 2.24) is 44.5 Å². The highest BCUT2D eigenvalue weighted by atomic mass is 16.6. The van der Waals surface area contributed by atoms with Gasteiger partial charge in [0.2, 0.25) is 47.3 Å². The molecule has 27 heteroatoms. The van der Waals surface area contributed by atoms with E-state index in [1.807, 2.05) is 47.6 Å². The van der Waals surface area contributed by atoms with Crippen molar-refractivity contribution >= 4 is 82.6 Å². The Labute approximate surface area is 628 Å². The van der Waals surface area contributed by atoms with Crippen LogP contribution in [0.5, 0.6) is 0 Å². The lowest BCUT2D eigenvalue weighted by Gasteiger charge is -2.42. The summed E-state index contributed by atoms with van der Waals surface area (Å²) in [5.74, 6) is -12.8. The third-order valence-corrected chi connectivity index (χ3v) is 19.5. The van der Waals surface area contributed by atoms with Gasteiger partial charge in [-0.1, -0.05) is 116 Å². The lowest BCUT2D eigenvalue weighted by Crippen LogP contribution is -2.63. The molecule has 14 atom stereocenters. The van der Waals surface area contributed by atoms with Gasteiger partial charge in [0.1, 0.15) is 60.3 Å². The van der Waals surface area contributed by atoms with Gasteiger partial charge in [-0.2, -0.15) is 0 Å². The van der Waals surface area contributed by atoms with E-state index >= 15 is 14.4 Å². The average molecular weight is 1490 g/mol. The molecule has 0 bridgehead atoms. The number of allylic oxidation sites excluding steroid dienone is 2. The van der Waals surface area contributed by atoms with Crippen LogP contribution in [0.15, 0.2) is 12.2 Å². The summed E-state index contributed by atoms with van der Waals surface area (Å²) in [6.07, 6.45) is 1.58. The van der Waals surface area contributed by atoms with E-state index < -0.39 is 178 Å². The van der Waals surface area contributed by atoms with Crippen LogP contribution in [0.25, 0.3) is 0 Å². The Morgan fingerprint density at radius 3 is 1.41 bits per heavy atom. The summed E-state index contributed by atoms with van der Waals surface area (Å²) < 4.78 is 22.3. The zero-order valence-corrected chi connectivity index (χ0v) is 69.8. The molecule has 0 spiro atoms. The average Bonchev–Trinajstić information content (AvgIpc) is 0.803. The Kier molecular flexibility index (Phi) is 42.2. The maximum atomic E-state index is 15.3. The predicted molar refractivity (Wildman–Crippen MR) is 403 cm³/mol. The van der Waals surface area contributed by atoms with Crippen molar-refractivity contribution < 1.29 is 86.1 Å². The minimum Gasteiger partial charge on any atom is -0.462 e. The molecule has 1 N–H and O–H groups in total. The Balaban J connectivity index is 7.20. The number of ether oxygens (including phenoxy) is 4. The standard InChI is InChI=1S/C78H137N9O18/c1-32-34-35-50(13)68(104-56(19)89)67(69(93)79-58(33-2)76(100)103-37-36-80(23)55(18)88)87(30)75(99)65(49(11)12)85(28)74(98)61(40-47(7)8)84(27)73(97)60(39-46(5)6)83(26)70(94)52(15)42-62(90)51(14)41-63(91)59(38-45(3)4)82(25)72(96)57(48(9)10)43-64(92)66(53(16)44-102-31)86(29)71(95)54(17)81(24)77(101)105-78(20,21)22/h32,34,45-54,57-61,65-68H,33,35-44H2,1-31H3,(H,79,93)/b34-32+/t50-,51-,52+,53-,54-,57+,58+,59+,60+,61+,65+,66+,67+,68-/m1/s1. The number of ketones is 3. The van der Waals surface area contributed by atoms with E-state index in [-0.39, 0.29) is 88.4 Å². The lowest BCUT2D eigenvalue weighted by atomic mass is 9.83. The molecule has 0 aromatic rings. The number of carbonyl (C=O) groups is 14. The maximum absolute atomic E-state index is 15.3. The van der Waals surface area contributed by atoms with Crippen LogP contribution in [0.4, 0.5) is 4.79 Å². The fraction of sp³-hybridized carbons (Fsp3) is 0.795. The van der Waals surface area contributed by atoms with Crippen LogP contribution < -0.4 is 5.32 Å². The van der Waals surface area contributed by atoms with Crippen LogP contribution in [0.1, 0.15) is 204 Å². The molecular weight excluding hydrogens is 1350 g/mol. The first-order chi connectivity index (χ1) is 48.3. The quantitative estimate of drug-likeness (QED) is 0.0341. The molecule has 0 aromatic carbocycles. The summed E-state index contributed by atoms with van der Waals surface area (Å²) in [4.78, 5) is 209. The summed E-state index contributed by atoms with van der Waals surface area (Å²) in [7, 11) is 13.1. The number of hydrogen-bond acceptors (Lipinski definition) is 18. The van der Waals surface area contributed by atoms with Crippen LogP contribution in [-0.2, 0) is 81.3 Å². The first-order valence-corrected chi connectivity index (χ1v) is 37.4. The summed E-state index contributed by atoms with van der Waals surface area (Å²) in [5, 5.41) is 2.71. The van der Waals surface area contributed by atoms with E-state index in [0.717, 1.165) is 9.80 Å². The summed E-state index contributed by atoms with van der Waals surface area (Å²) in [6, 6.07) is -9.53. The molecule has 0 unspecified atom stereocenters. The first-order valence-electron chi connectivity index (χ1n) is 37.4. The molecule has 0 aliphatic rings. The normalized spacial score (nSPS) is 15.8. The second-order valence-electron chi connectivity index (χ2n) is 32.0. The van der Waals surface area contributed by atoms with E-state index in [9.17, 15) is 52.7 Å². The molecule has 0 fully saturated rings. The van der Waals surface area contributed by atoms with Crippen LogP contribution >= 0.6 is 0 Å². The van der Waals surface area contributed by atoms with Gasteiger partial charge in [0.05, 0.1) is 25.2 Å². The molecule has 0 aromatic heterocycles. The Morgan fingerprint density at radius 1 is 0.495 bits per heavy atom. The minimum atomic E-state index is -1.56. The summed E-state index contributed by atoms with van der Waals surface area (Å²) in [6.45, 7) is 37.6. The number of amides is 9. The SMILES string of the molecule is C/C=C/C[C@@H](C)[C@@H](OC(C)=O)[C@@H](C(=O)N[C@@H](CC)C(=O)OCCN(C)C(C)=O)N(C)C(=O)[C@H](C(C)C)N(C)C(=O)[C@H](CC(C)C)N(C)C(=O)[C@H](CC(C)C)N(C)C(=O)[C@@H](C)CC(=O)[C@H](C)CC(=O)[C@H](CC(C)C)N(C)C(=O)[C@@H](CC(=O)[C@H]([C@H](C)COC)N(C)C(=O)[C@@H](C)N(C)C(=O)OC(C)(C)C)C(C)C. The number of rotatable bonds is 45. The van der Waals surface area contributed by atoms with Gasteiger partial charge in [0.15, 0.2) is 11.6 Å². The molecular formula is C78H137N9O18. The molecule has 602 valence electrons. The lowest BCUT2D eigenvalue weighted by molar-refractivity contribution is -0.164. The van der Waals surface area contributed by atoms with Crippen molar-refractivity contribution in [2.24, 2.45) is 59.2 Å². The molecule has 0 heterocycles. The fourth-order valence-electron chi connectivity index (χ4n) is 12.9. The fourth-order valence-corrected chi connectivity index (χ4v) is 12.9. The topological polar surface area (TPSA) is 314 Å². The molecule has 27 nitrogen and oxygen atoms in total. The predicted octanol–water partition coefficient (Wildman–Crippen LogP) is 8.15. The number of hydrogen-bond donors (Lipinski definition) is 1. The highest BCUT2D eigenvalue weighted by Crippen LogP contribution is 2.30. The molecule has 0 saturated heterocycles. The number of esters is 2. The van der Waals surface area contributed by atoms with Crippen molar-refractivity contribution in [2.75, 3.05) is 83.2 Å². The highest BCUT2D eigenvalue weighted by molar-refractivity contribution is 5.99. The maximum Gasteiger partial charge on any atom is 0.410 e. The number of Topliss-reactive ketones (excluding diaryl/α,β-unsaturated/α-hetero) is 3. The summed E-state index contributed by atoms with van der Waals surface area (Å²) >= 11 is 0. The van der Waals surface area contributed by atoms with Gasteiger partial charge in [-0.25, -0.2) is 9.59 Å². The second kappa shape index (κ2) is 45.4. The van der Waals surface area contributed by atoms with Gasteiger partial charge < -0.3 is 58.6 Å². The molecule has 0 rings (SSSR count). The van der Waals surface area contributed by atoms with Crippen molar-refractivity contribution in [3.8, 4) is 0 Å². The van der Waals surface area contributed by atoms with E-state index in [1.165, 1.54) is 107 Å². The van der Waals surface area contributed by atoms with Gasteiger partial charge >= 0.3 is 18.0 Å². The van der Waals surface area contributed by atoms with Crippen LogP contribution in [0.2, 0.25) is 0 Å². The van der Waals surface area contributed by atoms with Crippen molar-refractivity contribution in [1.29, 1.82) is 0 Å². The van der Waals surface area contributed by atoms with Crippen molar-refractivity contribution in [3.05, 3.63) is 12.2 Å². The number of methoxy groups -OCH3 is 1. The van der Waals surface area contributed by atoms with Gasteiger partial charge in [-0.15, -0.1) is 0 Å². The third-order valence-electron chi connectivity index (χ3n) is 19.5. The number of likely N-dealkylation sites (N-methyl/N-ethyl adjacent to an activating group) is 8. The molecule has 0 saturated carbocycles. The number of carbonyl (C=O) groups excluding carboxylic acids is 14. The first kappa shape index (κ1) is 97.7. The molecule has 0 aliphatic heterocycles. The molecule has 105 heavy (non-hydrogen) atoms. The van der Waals surface area contributed by atoms with E-state index in [4.69, 9.17) is 18.9 Å². The highest BCUT2D eigenvalue weighted by Gasteiger charge is 2.47. The molecule has 0 aliphatic carbocycles. The summed E-state index contributed by atoms with van der Waals surface area (Å²) in [5.41, 5.74) is -0.830. The number of nitrogens with one attached hydrogen (secondary N) is 1. The Morgan fingerprint density at radius 2 is 0.962 bits per heavy atom. The van der Waals surface area contributed by atoms with Gasteiger partial charge in [-0.05, 0) is 102 Å². The zero-order valence-electron chi connectivity index (χ0n) is 69.8. The van der Waals surface area contributed by atoms with Crippen LogP contribution in [0, 0.1) is 59.2 Å². The van der Waals surface area contributed by atoms with Crippen LogP contribution in [0.3, 0.4) is 0 Å². The minimum absolute atomic E-state index is 0.0635. The third kappa shape index (κ3) is 30.5. The van der Waals surface area contributed by atoms with Crippen LogP contribution in [-0.4, -0.2) is 265 Å². The Bertz CT molecular complexity index is 2940. The van der Waals surface area contributed by atoms with E-state index in [1.54, 1.807) is 103 Å². The largest absolute Gasteiger partial charge is 0.462 e. The van der Waals surface area contributed by atoms with Gasteiger partial charge in [-0.3, -0.25) is 62.4 Å². The number of nitrogens with zero attached hydrogens (tertiary/aromatic N) is 8. The van der Waals surface area contributed by atoms with Crippen molar-refractivity contribution in [2.45, 2.75) is 264 Å². The van der Waals surface area contributed by atoms with Crippen molar-refractivity contribution in [3.63, 3.8) is 0 Å². The van der Waals surface area contributed by atoms with Gasteiger partial charge in [0.25, 0.3) is 0 Å². The zero-order chi connectivity index (χ0) is 81.9. The van der Waals surface area contributed by atoms with Gasteiger partial charge in [0, 0.05) is 120 Å². The van der Waals surface area contributed by atoms with E-state index in [0.29, 0.717) is 6.42 Å². The molecule has 9 amide bonds. The van der Waals surface area contributed by atoms with E-state index in [2.05, 4.69) is 5.32 Å². The second-order valence-corrected chi connectivity index (χ2v) is 32.0. The monoisotopic (exact) mass is 1490 g/mol. The molecule has 0 radical (unpaired) electrons. The Hall–Kier alpha value is -7.32.